The maximum absolute atomic E-state index is 14.5. The lowest BCUT2D eigenvalue weighted by Crippen LogP contribution is -2.30. The Bertz CT molecular complexity index is 1580. The van der Waals surface area contributed by atoms with Crippen molar-refractivity contribution in [2.75, 3.05) is 16.4 Å². The molecule has 4 aromatic rings. The molecule has 1 unspecified atom stereocenters. The minimum absolute atomic E-state index is 0.0365. The van der Waals surface area contributed by atoms with Crippen LogP contribution in [0.1, 0.15) is 29.8 Å². The molecule has 8 nitrogen and oxygen atoms in total. The molecular weight excluding hydrogens is 617 g/mol. The minimum Gasteiger partial charge on any atom is -0.321 e. The predicted octanol–water partition coefficient (Wildman–Crippen LogP) is 6.97. The van der Waals surface area contributed by atoms with Crippen molar-refractivity contribution >= 4 is 81.3 Å². The molecule has 3 N–H and O–H groups in total. The minimum atomic E-state index is -0.676. The SMILES string of the molecule is CCSc1nsc(NC(=O)C(C)Sc2ccc(NC(=O)/C(=C/c3c(F)cccc3Cl)NC(=O)c3ccccc3)cc2)n1. The molecule has 0 bridgehead atoms. The number of anilines is 2. The van der Waals surface area contributed by atoms with Gasteiger partial charge in [0.2, 0.25) is 16.2 Å². The number of thioether (sulfide) groups is 2. The van der Waals surface area contributed by atoms with Gasteiger partial charge in [0.25, 0.3) is 11.8 Å². The number of nitrogens with zero attached hydrogens (tertiary/aromatic N) is 2. The van der Waals surface area contributed by atoms with Gasteiger partial charge in [-0.15, -0.1) is 11.8 Å². The van der Waals surface area contributed by atoms with Gasteiger partial charge in [-0.2, -0.15) is 9.36 Å². The van der Waals surface area contributed by atoms with Crippen molar-refractivity contribution in [2.24, 2.45) is 0 Å². The molecule has 0 aliphatic carbocycles. The first-order valence-electron chi connectivity index (χ1n) is 12.6. The second kappa shape index (κ2) is 15.0. The summed E-state index contributed by atoms with van der Waals surface area (Å²) >= 11 is 10.1. The van der Waals surface area contributed by atoms with Crippen LogP contribution in [-0.4, -0.2) is 38.1 Å². The third-order valence-corrected chi connectivity index (χ3v) is 8.44. The van der Waals surface area contributed by atoms with Crippen LogP contribution < -0.4 is 16.0 Å². The molecular formula is C29H25ClFN5O3S3. The average Bonchev–Trinajstić information content (AvgIpc) is 3.42. The van der Waals surface area contributed by atoms with Crippen molar-refractivity contribution < 1.29 is 18.8 Å². The Morgan fingerprint density at radius 1 is 1.02 bits per heavy atom. The van der Waals surface area contributed by atoms with Crippen LogP contribution in [0.4, 0.5) is 15.2 Å². The molecule has 0 saturated carbocycles. The monoisotopic (exact) mass is 641 g/mol. The number of hydrogen-bond donors (Lipinski definition) is 3. The summed E-state index contributed by atoms with van der Waals surface area (Å²) in [6, 6.07) is 19.3. The maximum atomic E-state index is 14.5. The zero-order valence-electron chi connectivity index (χ0n) is 22.4. The largest absolute Gasteiger partial charge is 0.321 e. The van der Waals surface area contributed by atoms with Crippen molar-refractivity contribution in [3.8, 4) is 0 Å². The number of halogens is 2. The van der Waals surface area contributed by atoms with Gasteiger partial charge in [-0.25, -0.2) is 4.39 Å². The summed E-state index contributed by atoms with van der Waals surface area (Å²) in [5, 5.41) is 8.79. The molecule has 0 saturated heterocycles. The molecule has 0 aliphatic heterocycles. The van der Waals surface area contributed by atoms with Crippen LogP contribution in [0.2, 0.25) is 5.02 Å². The standard InChI is InChI=1S/C29H25ClFN5O3S3/c1-3-40-29-35-28(42-36-29)34-25(37)17(2)41-20-14-12-19(13-15-20)32-27(39)24(16-21-22(30)10-7-11-23(21)31)33-26(38)18-8-5-4-6-9-18/h4-17H,3H2,1-2H3,(H,32,39)(H,33,38)(H,34,35,36,37)/b24-16-. The summed E-state index contributed by atoms with van der Waals surface area (Å²) in [5.41, 5.74) is 0.514. The molecule has 216 valence electrons. The number of nitrogens with one attached hydrogen (secondary N) is 3. The second-order valence-corrected chi connectivity index (χ2v) is 12.4. The number of hydrogen-bond acceptors (Lipinski definition) is 8. The number of aromatic nitrogens is 2. The molecule has 3 aromatic carbocycles. The van der Waals surface area contributed by atoms with Gasteiger partial charge < -0.3 is 10.6 Å². The molecule has 1 heterocycles. The molecule has 0 fully saturated rings. The van der Waals surface area contributed by atoms with Crippen LogP contribution in [-0.2, 0) is 9.59 Å². The fourth-order valence-electron chi connectivity index (χ4n) is 3.46. The summed E-state index contributed by atoms with van der Waals surface area (Å²) in [7, 11) is 0. The van der Waals surface area contributed by atoms with Crippen molar-refractivity contribution in [2.45, 2.75) is 29.1 Å². The van der Waals surface area contributed by atoms with Gasteiger partial charge in [0.1, 0.15) is 11.5 Å². The molecule has 0 radical (unpaired) electrons. The van der Waals surface area contributed by atoms with Gasteiger partial charge >= 0.3 is 0 Å². The highest BCUT2D eigenvalue weighted by molar-refractivity contribution is 8.00. The number of amides is 3. The Balaban J connectivity index is 1.44. The molecule has 1 aromatic heterocycles. The first-order chi connectivity index (χ1) is 20.2. The van der Waals surface area contributed by atoms with Gasteiger partial charge in [-0.05, 0) is 67.3 Å². The van der Waals surface area contributed by atoms with Gasteiger partial charge in [0.05, 0.1) is 10.3 Å². The Hall–Kier alpha value is -3.71. The normalized spacial score (nSPS) is 12.0. The summed E-state index contributed by atoms with van der Waals surface area (Å²) < 4.78 is 18.7. The Morgan fingerprint density at radius 3 is 2.45 bits per heavy atom. The Kier molecular flexibility index (Phi) is 11.1. The van der Waals surface area contributed by atoms with Crippen molar-refractivity contribution in [3.05, 3.63) is 100 Å². The average molecular weight is 642 g/mol. The number of carbonyl (C=O) groups is 3. The summed E-state index contributed by atoms with van der Waals surface area (Å²) in [6.45, 7) is 3.78. The van der Waals surface area contributed by atoms with Gasteiger partial charge in [-0.1, -0.05) is 54.6 Å². The fraction of sp³-hybridized carbons (Fsp3) is 0.138. The first-order valence-corrected chi connectivity index (χ1v) is 15.6. The number of carbonyl (C=O) groups excluding carboxylic acids is 3. The zero-order chi connectivity index (χ0) is 30.1. The molecule has 0 spiro atoms. The lowest BCUT2D eigenvalue weighted by molar-refractivity contribution is -0.115. The van der Waals surface area contributed by atoms with Gasteiger partial charge in [0.15, 0.2) is 0 Å². The van der Waals surface area contributed by atoms with E-state index in [0.717, 1.165) is 22.2 Å². The summed E-state index contributed by atoms with van der Waals surface area (Å²) in [5.74, 6) is -1.24. The molecule has 13 heteroatoms. The van der Waals surface area contributed by atoms with E-state index in [4.69, 9.17) is 11.6 Å². The topological polar surface area (TPSA) is 113 Å². The quantitative estimate of drug-likeness (QED) is 0.120. The van der Waals surface area contributed by atoms with E-state index in [1.807, 2.05) is 6.92 Å². The van der Waals surface area contributed by atoms with Crippen molar-refractivity contribution in [1.82, 2.24) is 14.7 Å². The molecule has 4 rings (SSSR count). The number of benzene rings is 3. The van der Waals surface area contributed by atoms with E-state index in [9.17, 15) is 18.8 Å². The van der Waals surface area contributed by atoms with Crippen molar-refractivity contribution in [3.63, 3.8) is 0 Å². The molecule has 42 heavy (non-hydrogen) atoms. The highest BCUT2D eigenvalue weighted by atomic mass is 35.5. The fourth-order valence-corrected chi connectivity index (χ4v) is 5.82. The Morgan fingerprint density at radius 2 is 1.76 bits per heavy atom. The van der Waals surface area contributed by atoms with E-state index in [1.54, 1.807) is 61.5 Å². The highest BCUT2D eigenvalue weighted by Crippen LogP contribution is 2.27. The highest BCUT2D eigenvalue weighted by Gasteiger charge is 2.19. The van der Waals surface area contributed by atoms with E-state index < -0.39 is 22.9 Å². The van der Waals surface area contributed by atoms with Crippen LogP contribution in [0.15, 0.2) is 88.5 Å². The van der Waals surface area contributed by atoms with E-state index in [0.29, 0.717) is 21.5 Å². The zero-order valence-corrected chi connectivity index (χ0v) is 25.6. The van der Waals surface area contributed by atoms with Crippen molar-refractivity contribution in [1.29, 1.82) is 0 Å². The molecule has 1 atom stereocenters. The van der Waals surface area contributed by atoms with Crippen LogP contribution >= 0.6 is 46.7 Å². The van der Waals surface area contributed by atoms with E-state index in [-0.39, 0.29) is 22.2 Å². The van der Waals surface area contributed by atoms with E-state index >= 15 is 0 Å². The van der Waals surface area contributed by atoms with Crippen LogP contribution in [0.3, 0.4) is 0 Å². The predicted molar refractivity (Wildman–Crippen MR) is 169 cm³/mol. The van der Waals surface area contributed by atoms with Crippen LogP contribution in [0.5, 0.6) is 0 Å². The summed E-state index contributed by atoms with van der Waals surface area (Å²) in [4.78, 5) is 43.8. The lowest BCUT2D eigenvalue weighted by atomic mass is 10.1. The van der Waals surface area contributed by atoms with Crippen LogP contribution in [0.25, 0.3) is 6.08 Å². The maximum Gasteiger partial charge on any atom is 0.272 e. The van der Waals surface area contributed by atoms with Gasteiger partial charge in [-0.3, -0.25) is 19.7 Å². The number of rotatable bonds is 11. The molecule has 3 amide bonds. The third-order valence-electron chi connectivity index (χ3n) is 5.52. The Labute approximate surface area is 259 Å². The lowest BCUT2D eigenvalue weighted by Gasteiger charge is -2.13. The summed E-state index contributed by atoms with van der Waals surface area (Å²) in [6.07, 6.45) is 1.19. The first kappa shape index (κ1) is 31.2. The third kappa shape index (κ3) is 8.65. The van der Waals surface area contributed by atoms with Crippen LogP contribution in [0, 0.1) is 5.82 Å². The smallest absolute Gasteiger partial charge is 0.272 e. The van der Waals surface area contributed by atoms with E-state index in [2.05, 4.69) is 25.3 Å². The van der Waals surface area contributed by atoms with Gasteiger partial charge in [0, 0.05) is 33.2 Å². The second-order valence-electron chi connectivity index (χ2n) is 8.56. The van der Waals surface area contributed by atoms with E-state index in [1.165, 1.54) is 47.8 Å². The molecule has 0 aliphatic rings.